The van der Waals surface area contributed by atoms with Gasteiger partial charge in [-0.1, -0.05) is 17.7 Å². The van der Waals surface area contributed by atoms with Crippen LogP contribution in [0.2, 0.25) is 5.02 Å². The van der Waals surface area contributed by atoms with Crippen molar-refractivity contribution in [2.24, 2.45) is 5.10 Å². The molecule has 0 saturated carbocycles. The van der Waals surface area contributed by atoms with Gasteiger partial charge in [0.25, 0.3) is 5.91 Å². The minimum absolute atomic E-state index is 0.0807. The van der Waals surface area contributed by atoms with Crippen molar-refractivity contribution in [3.63, 3.8) is 0 Å². The molecule has 1 aliphatic rings. The summed E-state index contributed by atoms with van der Waals surface area (Å²) in [6.07, 6.45) is 3.81. The minimum Gasteiger partial charge on any atom is -0.497 e. The van der Waals surface area contributed by atoms with Crippen molar-refractivity contribution in [1.82, 2.24) is 5.43 Å². The second kappa shape index (κ2) is 9.43. The fraction of sp³-hybridized carbons (Fsp3) is 0.333. The van der Waals surface area contributed by atoms with E-state index in [0.29, 0.717) is 10.8 Å². The molecule has 2 aromatic carbocycles. The molecule has 0 unspecified atom stereocenters. The first-order valence-corrected chi connectivity index (χ1v) is 10.5. The number of nitrogens with one attached hydrogen (secondary N) is 1. The Hall–Kier alpha value is -2.99. The van der Waals surface area contributed by atoms with Gasteiger partial charge in [-0.2, -0.15) is 5.10 Å². The van der Waals surface area contributed by atoms with Crippen LogP contribution in [0.3, 0.4) is 0 Å². The van der Waals surface area contributed by atoms with E-state index in [2.05, 4.69) is 49.2 Å². The zero-order chi connectivity index (χ0) is 22.6. The van der Waals surface area contributed by atoms with E-state index in [1.807, 2.05) is 12.1 Å². The molecule has 0 fully saturated rings. The standard InChI is InChI=1S/C24H28ClN3O3/c1-6-28-22-12-21(25)17(11-20(22)16(2)13-24(28,3)4)14-26-27-23(29)15-31-19-9-7-18(30-5)8-10-19/h7-14H,6,15H2,1-5H3,(H,27,29)/b26-14+. The maximum atomic E-state index is 12.0. The first kappa shape index (κ1) is 22.7. The van der Waals surface area contributed by atoms with Crippen LogP contribution in [0.15, 0.2) is 47.6 Å². The van der Waals surface area contributed by atoms with Crippen molar-refractivity contribution in [2.75, 3.05) is 25.2 Å². The highest BCUT2D eigenvalue weighted by Crippen LogP contribution is 2.40. The highest BCUT2D eigenvalue weighted by Gasteiger charge is 2.30. The van der Waals surface area contributed by atoms with Gasteiger partial charge in [-0.05, 0) is 69.7 Å². The van der Waals surface area contributed by atoms with Gasteiger partial charge in [-0.15, -0.1) is 0 Å². The molecule has 0 bridgehead atoms. The summed E-state index contributed by atoms with van der Waals surface area (Å²) in [4.78, 5) is 14.3. The summed E-state index contributed by atoms with van der Waals surface area (Å²) in [5, 5.41) is 4.62. The summed E-state index contributed by atoms with van der Waals surface area (Å²) in [5.74, 6) is 0.929. The highest BCUT2D eigenvalue weighted by molar-refractivity contribution is 6.33. The molecular formula is C24H28ClN3O3. The monoisotopic (exact) mass is 441 g/mol. The van der Waals surface area contributed by atoms with E-state index in [1.165, 1.54) is 5.57 Å². The third-order valence-electron chi connectivity index (χ3n) is 5.23. The van der Waals surface area contributed by atoms with Gasteiger partial charge in [0, 0.05) is 23.4 Å². The van der Waals surface area contributed by atoms with Crippen molar-refractivity contribution in [2.45, 2.75) is 33.2 Å². The zero-order valence-corrected chi connectivity index (χ0v) is 19.3. The Labute approximate surface area is 188 Å². The topological polar surface area (TPSA) is 63.2 Å². The lowest BCUT2D eigenvalue weighted by atomic mass is 9.88. The number of anilines is 1. The fourth-order valence-corrected chi connectivity index (χ4v) is 4.03. The van der Waals surface area contributed by atoms with Crippen LogP contribution in [0, 0.1) is 0 Å². The van der Waals surface area contributed by atoms with E-state index in [-0.39, 0.29) is 18.1 Å². The van der Waals surface area contributed by atoms with Gasteiger partial charge in [-0.3, -0.25) is 4.79 Å². The molecular weight excluding hydrogens is 414 g/mol. The quantitative estimate of drug-likeness (QED) is 0.490. The van der Waals surface area contributed by atoms with Crippen LogP contribution >= 0.6 is 11.6 Å². The number of hydrogen-bond donors (Lipinski definition) is 1. The molecule has 2 aromatic rings. The average molecular weight is 442 g/mol. The maximum absolute atomic E-state index is 12.0. The largest absolute Gasteiger partial charge is 0.497 e. The van der Waals surface area contributed by atoms with Crippen LogP contribution in [-0.4, -0.2) is 37.9 Å². The number of rotatable bonds is 7. The van der Waals surface area contributed by atoms with Gasteiger partial charge in [-0.25, -0.2) is 5.43 Å². The van der Waals surface area contributed by atoms with E-state index in [0.717, 1.165) is 29.1 Å². The van der Waals surface area contributed by atoms with Gasteiger partial charge in [0.15, 0.2) is 6.61 Å². The molecule has 7 heteroatoms. The molecule has 1 N–H and O–H groups in total. The third kappa shape index (κ3) is 5.20. The summed E-state index contributed by atoms with van der Waals surface area (Å²) in [5.41, 5.74) is 6.53. The number of allylic oxidation sites excluding steroid dienone is 1. The number of fused-ring (bicyclic) bond motifs is 1. The fourth-order valence-electron chi connectivity index (χ4n) is 3.82. The molecule has 164 valence electrons. The molecule has 0 saturated heterocycles. The van der Waals surface area contributed by atoms with Crippen molar-refractivity contribution < 1.29 is 14.3 Å². The smallest absolute Gasteiger partial charge is 0.277 e. The average Bonchev–Trinajstić information content (AvgIpc) is 2.73. The van der Waals surface area contributed by atoms with Crippen LogP contribution in [-0.2, 0) is 4.79 Å². The van der Waals surface area contributed by atoms with Gasteiger partial charge < -0.3 is 14.4 Å². The molecule has 6 nitrogen and oxygen atoms in total. The van der Waals surface area contributed by atoms with Crippen LogP contribution in [0.5, 0.6) is 11.5 Å². The highest BCUT2D eigenvalue weighted by atomic mass is 35.5. The van der Waals surface area contributed by atoms with Crippen LogP contribution in [0.25, 0.3) is 5.57 Å². The first-order chi connectivity index (χ1) is 14.7. The molecule has 31 heavy (non-hydrogen) atoms. The van der Waals surface area contributed by atoms with Gasteiger partial charge >= 0.3 is 0 Å². The Kier molecular flexibility index (Phi) is 6.91. The summed E-state index contributed by atoms with van der Waals surface area (Å²) < 4.78 is 10.5. The number of amides is 1. The SMILES string of the molecule is CCN1c2cc(Cl)c(/C=N/NC(=O)COc3ccc(OC)cc3)cc2C(C)=CC1(C)C. The molecule has 3 rings (SSSR count). The molecule has 0 radical (unpaired) electrons. The predicted molar refractivity (Wildman–Crippen MR) is 126 cm³/mol. The Bertz CT molecular complexity index is 1010. The van der Waals surface area contributed by atoms with Crippen LogP contribution in [0.1, 0.15) is 38.8 Å². The van der Waals surface area contributed by atoms with E-state index in [9.17, 15) is 4.79 Å². The summed E-state index contributed by atoms with van der Waals surface area (Å²) in [6, 6.07) is 11.0. The lowest BCUT2D eigenvalue weighted by Crippen LogP contribution is -2.44. The van der Waals surface area contributed by atoms with E-state index in [4.69, 9.17) is 21.1 Å². The third-order valence-corrected chi connectivity index (χ3v) is 5.56. The second-order valence-electron chi connectivity index (χ2n) is 7.87. The van der Waals surface area contributed by atoms with E-state index in [1.54, 1.807) is 37.6 Å². The number of hydrazone groups is 1. The number of nitrogens with zero attached hydrogens (tertiary/aromatic N) is 2. The number of methoxy groups -OCH3 is 1. The molecule has 0 atom stereocenters. The summed E-state index contributed by atoms with van der Waals surface area (Å²) in [7, 11) is 1.59. The molecule has 1 amide bonds. The number of carbonyl (C=O) groups is 1. The van der Waals surface area contributed by atoms with Crippen molar-refractivity contribution in [3.8, 4) is 11.5 Å². The normalized spacial score (nSPS) is 14.8. The zero-order valence-electron chi connectivity index (χ0n) is 18.5. The lowest BCUT2D eigenvalue weighted by molar-refractivity contribution is -0.123. The van der Waals surface area contributed by atoms with E-state index >= 15 is 0 Å². The molecule has 0 spiro atoms. The van der Waals surface area contributed by atoms with Crippen molar-refractivity contribution in [3.05, 3.63) is 58.6 Å². The summed E-state index contributed by atoms with van der Waals surface area (Å²) >= 11 is 6.52. The van der Waals surface area contributed by atoms with Gasteiger partial charge in [0.1, 0.15) is 11.5 Å². The number of ether oxygens (including phenoxy) is 2. The minimum atomic E-state index is -0.365. The Balaban J connectivity index is 1.66. The maximum Gasteiger partial charge on any atom is 0.277 e. The number of hydrogen-bond acceptors (Lipinski definition) is 5. The Morgan fingerprint density at radius 2 is 1.90 bits per heavy atom. The molecule has 1 heterocycles. The van der Waals surface area contributed by atoms with E-state index < -0.39 is 0 Å². The summed E-state index contributed by atoms with van der Waals surface area (Å²) in [6.45, 7) is 9.33. The van der Waals surface area contributed by atoms with Gasteiger partial charge in [0.2, 0.25) is 0 Å². The number of benzene rings is 2. The number of likely N-dealkylation sites (N-methyl/N-ethyl adjacent to an activating group) is 1. The lowest BCUT2D eigenvalue weighted by Gasteiger charge is -2.43. The Morgan fingerprint density at radius 3 is 2.55 bits per heavy atom. The Morgan fingerprint density at radius 1 is 1.23 bits per heavy atom. The van der Waals surface area contributed by atoms with Crippen molar-refractivity contribution in [1.29, 1.82) is 0 Å². The second-order valence-corrected chi connectivity index (χ2v) is 8.28. The molecule has 1 aliphatic heterocycles. The molecule has 0 aliphatic carbocycles. The van der Waals surface area contributed by atoms with Gasteiger partial charge in [0.05, 0.1) is 23.9 Å². The van der Waals surface area contributed by atoms with Crippen LogP contribution in [0.4, 0.5) is 5.69 Å². The first-order valence-electron chi connectivity index (χ1n) is 10.1. The van der Waals surface area contributed by atoms with Crippen molar-refractivity contribution >= 4 is 35.0 Å². The number of halogens is 1. The number of carbonyl (C=O) groups excluding carboxylic acids is 1. The predicted octanol–water partition coefficient (Wildman–Crippen LogP) is 4.90. The van der Waals surface area contributed by atoms with Crippen LogP contribution < -0.4 is 19.8 Å². The molecule has 0 aromatic heterocycles.